The van der Waals surface area contributed by atoms with Crippen molar-refractivity contribution >= 4 is 23.8 Å². The maximum atomic E-state index is 12.0. The number of esters is 1. The Bertz CT molecular complexity index is 400. The zero-order valence-electron chi connectivity index (χ0n) is 15.8. The zero-order valence-corrected chi connectivity index (χ0v) is 16.6. The van der Waals surface area contributed by atoms with Crippen molar-refractivity contribution in [2.24, 2.45) is 5.92 Å². The molecule has 1 atom stereocenters. The molecule has 24 heavy (non-hydrogen) atoms. The van der Waals surface area contributed by atoms with Crippen molar-refractivity contribution in [1.29, 1.82) is 0 Å². The number of carbonyl (C=O) groups excluding carboxylic acids is 2. The highest BCUT2D eigenvalue weighted by Crippen LogP contribution is 2.21. The molecule has 0 spiro atoms. The van der Waals surface area contributed by atoms with Gasteiger partial charge in [0.2, 0.25) is 0 Å². The lowest BCUT2D eigenvalue weighted by Crippen LogP contribution is -2.42. The van der Waals surface area contributed by atoms with Crippen molar-refractivity contribution < 1.29 is 19.1 Å². The number of piperidine rings is 1. The second-order valence-corrected chi connectivity index (χ2v) is 8.86. The molecular weight excluding hydrogens is 326 g/mol. The molecule has 0 aromatic heterocycles. The smallest absolute Gasteiger partial charge is 0.410 e. The van der Waals surface area contributed by atoms with Gasteiger partial charge in [-0.1, -0.05) is 13.3 Å². The number of ether oxygens (including phenoxy) is 2. The lowest BCUT2D eigenvalue weighted by molar-refractivity contribution is -0.144. The first-order valence-electron chi connectivity index (χ1n) is 8.99. The van der Waals surface area contributed by atoms with Gasteiger partial charge in [0.1, 0.15) is 5.60 Å². The number of rotatable bonds is 7. The Kier molecular flexibility index (Phi) is 8.95. The molecule has 1 amide bonds. The third-order valence-electron chi connectivity index (χ3n) is 3.93. The summed E-state index contributed by atoms with van der Waals surface area (Å²) >= 11 is 1.66. The molecule has 0 bridgehead atoms. The van der Waals surface area contributed by atoms with E-state index in [4.69, 9.17) is 9.47 Å². The van der Waals surface area contributed by atoms with Gasteiger partial charge in [-0.15, -0.1) is 11.8 Å². The van der Waals surface area contributed by atoms with E-state index in [2.05, 4.69) is 6.92 Å². The monoisotopic (exact) mass is 359 g/mol. The fraction of sp³-hybridized carbons (Fsp3) is 0.889. The van der Waals surface area contributed by atoms with Crippen molar-refractivity contribution in [2.75, 3.05) is 25.4 Å². The molecule has 0 aliphatic carbocycles. The average molecular weight is 360 g/mol. The Hall–Kier alpha value is -0.910. The Morgan fingerprint density at radius 1 is 1.25 bits per heavy atom. The van der Waals surface area contributed by atoms with E-state index in [0.717, 1.165) is 31.4 Å². The first-order chi connectivity index (χ1) is 11.2. The van der Waals surface area contributed by atoms with Crippen molar-refractivity contribution in [1.82, 2.24) is 4.90 Å². The number of likely N-dealkylation sites (tertiary alicyclic amines) is 1. The van der Waals surface area contributed by atoms with Crippen LogP contribution in [0.4, 0.5) is 4.79 Å². The Morgan fingerprint density at radius 2 is 1.88 bits per heavy atom. The van der Waals surface area contributed by atoms with Crippen LogP contribution in [0.2, 0.25) is 0 Å². The molecule has 6 heteroatoms. The van der Waals surface area contributed by atoms with Crippen molar-refractivity contribution in [3.05, 3.63) is 0 Å². The Labute approximate surface area is 150 Å². The van der Waals surface area contributed by atoms with E-state index in [1.165, 1.54) is 0 Å². The van der Waals surface area contributed by atoms with Gasteiger partial charge in [0.25, 0.3) is 0 Å². The molecule has 5 nitrogen and oxygen atoms in total. The molecule has 1 unspecified atom stereocenters. The van der Waals surface area contributed by atoms with Crippen LogP contribution < -0.4 is 0 Å². The van der Waals surface area contributed by atoms with Crippen LogP contribution in [-0.2, 0) is 14.3 Å². The molecule has 1 rings (SSSR count). The number of nitrogens with zero attached hydrogens (tertiary/aromatic N) is 1. The van der Waals surface area contributed by atoms with E-state index in [-0.39, 0.29) is 17.3 Å². The normalized spacial score (nSPS) is 17.5. The van der Waals surface area contributed by atoms with Crippen LogP contribution >= 0.6 is 11.8 Å². The van der Waals surface area contributed by atoms with Crippen LogP contribution in [0.15, 0.2) is 0 Å². The highest BCUT2D eigenvalue weighted by molar-refractivity contribution is 8.00. The summed E-state index contributed by atoms with van der Waals surface area (Å²) in [5.41, 5.74) is -0.463. The second kappa shape index (κ2) is 10.2. The maximum Gasteiger partial charge on any atom is 0.410 e. The van der Waals surface area contributed by atoms with Crippen molar-refractivity contribution in [3.63, 3.8) is 0 Å². The number of unbranched alkanes of at least 4 members (excludes halogenated alkanes) is 1. The molecular formula is C18H33NO4S. The lowest BCUT2D eigenvalue weighted by Gasteiger charge is -2.33. The summed E-state index contributed by atoms with van der Waals surface area (Å²) in [5, 5.41) is -0.0987. The molecule has 0 aromatic rings. The molecule has 1 heterocycles. The number of hydrogen-bond acceptors (Lipinski definition) is 5. The summed E-state index contributed by atoms with van der Waals surface area (Å²) in [7, 11) is 0. The highest BCUT2D eigenvalue weighted by Gasteiger charge is 2.27. The summed E-state index contributed by atoms with van der Waals surface area (Å²) in [4.78, 5) is 25.7. The summed E-state index contributed by atoms with van der Waals surface area (Å²) in [6.07, 6.45) is 3.73. The van der Waals surface area contributed by atoms with Gasteiger partial charge >= 0.3 is 12.1 Å². The predicted molar refractivity (Wildman–Crippen MR) is 98.3 cm³/mol. The van der Waals surface area contributed by atoms with Gasteiger partial charge in [0.15, 0.2) is 0 Å². The molecule has 0 aromatic carbocycles. The van der Waals surface area contributed by atoms with Crippen molar-refractivity contribution in [2.45, 2.75) is 71.2 Å². The molecule has 1 aliphatic rings. The van der Waals surface area contributed by atoms with Gasteiger partial charge in [0, 0.05) is 13.1 Å². The predicted octanol–water partition coefficient (Wildman–Crippen LogP) is 4.10. The van der Waals surface area contributed by atoms with Crippen LogP contribution in [0.5, 0.6) is 0 Å². The minimum atomic E-state index is -0.463. The largest absolute Gasteiger partial charge is 0.465 e. The van der Waals surface area contributed by atoms with Crippen LogP contribution in [0.25, 0.3) is 0 Å². The van der Waals surface area contributed by atoms with E-state index >= 15 is 0 Å². The molecule has 1 aliphatic heterocycles. The average Bonchev–Trinajstić information content (AvgIpc) is 2.51. The first kappa shape index (κ1) is 21.1. The van der Waals surface area contributed by atoms with Gasteiger partial charge in [-0.05, 0) is 58.6 Å². The standard InChI is InChI=1S/C18H33NO4S/c1-6-7-12-24-14(2)16(20)22-13-15-8-10-19(11-9-15)17(21)23-18(3,4)5/h14-15H,6-13H2,1-5H3. The van der Waals surface area contributed by atoms with Gasteiger partial charge in [0.05, 0.1) is 11.9 Å². The first-order valence-corrected chi connectivity index (χ1v) is 10.0. The second-order valence-electron chi connectivity index (χ2n) is 7.41. The minimum absolute atomic E-state index is 0.0987. The fourth-order valence-electron chi connectivity index (χ4n) is 2.40. The van der Waals surface area contributed by atoms with Gasteiger partial charge in [-0.2, -0.15) is 0 Å². The number of thioether (sulfide) groups is 1. The van der Waals surface area contributed by atoms with Crippen LogP contribution in [0.1, 0.15) is 60.3 Å². The van der Waals surface area contributed by atoms with Gasteiger partial charge in [-0.3, -0.25) is 4.79 Å². The topological polar surface area (TPSA) is 55.8 Å². The SMILES string of the molecule is CCCCSC(C)C(=O)OCC1CCN(C(=O)OC(C)(C)C)CC1. The van der Waals surface area contributed by atoms with E-state index < -0.39 is 5.60 Å². The summed E-state index contributed by atoms with van der Waals surface area (Å²) in [5.74, 6) is 1.22. The van der Waals surface area contributed by atoms with E-state index in [1.807, 2.05) is 27.7 Å². The summed E-state index contributed by atoms with van der Waals surface area (Å²) < 4.78 is 10.8. The molecule has 140 valence electrons. The molecule has 0 radical (unpaired) electrons. The molecule has 1 fully saturated rings. The van der Waals surface area contributed by atoms with Crippen LogP contribution in [0.3, 0.4) is 0 Å². The zero-order chi connectivity index (χ0) is 18.2. The van der Waals surface area contributed by atoms with E-state index in [0.29, 0.717) is 25.6 Å². The summed E-state index contributed by atoms with van der Waals surface area (Å²) in [6.45, 7) is 11.5. The summed E-state index contributed by atoms with van der Waals surface area (Å²) in [6, 6.07) is 0. The maximum absolute atomic E-state index is 12.0. The lowest BCUT2D eigenvalue weighted by atomic mass is 9.98. The number of amides is 1. The van der Waals surface area contributed by atoms with E-state index in [9.17, 15) is 9.59 Å². The van der Waals surface area contributed by atoms with Crippen LogP contribution in [-0.4, -0.2) is 53.3 Å². The fourth-order valence-corrected chi connectivity index (χ4v) is 3.41. The molecule has 0 saturated carbocycles. The van der Waals surface area contributed by atoms with Gasteiger partial charge in [-0.25, -0.2) is 4.79 Å². The minimum Gasteiger partial charge on any atom is -0.465 e. The number of carbonyl (C=O) groups is 2. The molecule has 1 saturated heterocycles. The third kappa shape index (κ3) is 8.27. The Balaban J connectivity index is 2.24. The van der Waals surface area contributed by atoms with E-state index in [1.54, 1.807) is 16.7 Å². The van der Waals surface area contributed by atoms with Crippen LogP contribution in [0, 0.1) is 5.92 Å². The number of hydrogen-bond donors (Lipinski definition) is 0. The van der Waals surface area contributed by atoms with Crippen molar-refractivity contribution in [3.8, 4) is 0 Å². The van der Waals surface area contributed by atoms with Gasteiger partial charge < -0.3 is 14.4 Å². The Morgan fingerprint density at radius 3 is 2.42 bits per heavy atom. The third-order valence-corrected chi connectivity index (χ3v) is 5.14. The molecule has 0 N–H and O–H groups in total. The quantitative estimate of drug-likeness (QED) is 0.506. The highest BCUT2D eigenvalue weighted by atomic mass is 32.2.